The van der Waals surface area contributed by atoms with E-state index in [0.717, 1.165) is 48.2 Å². The molecule has 0 unspecified atom stereocenters. The van der Waals surface area contributed by atoms with Gasteiger partial charge in [0, 0.05) is 55.0 Å². The van der Waals surface area contributed by atoms with Crippen LogP contribution in [0.4, 0.5) is 13.2 Å². The number of fused-ring (bicyclic) bond motifs is 2. The highest BCUT2D eigenvalue weighted by molar-refractivity contribution is 5.42. The third-order valence-electron chi connectivity index (χ3n) is 6.29. The summed E-state index contributed by atoms with van der Waals surface area (Å²) in [5, 5.41) is 4.43. The first-order valence-electron chi connectivity index (χ1n) is 9.88. The maximum absolute atomic E-state index is 14.2. The van der Waals surface area contributed by atoms with Crippen LogP contribution < -0.4 is 5.73 Å². The van der Waals surface area contributed by atoms with Crippen molar-refractivity contribution in [3.8, 4) is 0 Å². The number of nitrogens with zero attached hydrogens (tertiary/aromatic N) is 4. The third-order valence-corrected chi connectivity index (χ3v) is 6.29. The van der Waals surface area contributed by atoms with Gasteiger partial charge in [0.1, 0.15) is 5.82 Å². The molecule has 29 heavy (non-hydrogen) atoms. The number of aromatic nitrogens is 3. The van der Waals surface area contributed by atoms with Crippen molar-refractivity contribution in [1.82, 2.24) is 19.5 Å². The average Bonchev–Trinajstić information content (AvgIpc) is 3.24. The van der Waals surface area contributed by atoms with E-state index in [0.29, 0.717) is 18.9 Å². The first-order chi connectivity index (χ1) is 13.9. The number of benzene rings is 1. The number of rotatable bonds is 2. The fourth-order valence-corrected chi connectivity index (χ4v) is 4.83. The van der Waals surface area contributed by atoms with Crippen LogP contribution in [0.3, 0.4) is 0 Å². The summed E-state index contributed by atoms with van der Waals surface area (Å²) < 4.78 is 42.9. The number of hydrogen-bond donors (Lipinski definition) is 1. The minimum Gasteiger partial charge on any atom is -0.327 e. The minimum atomic E-state index is -1.17. The van der Waals surface area contributed by atoms with Gasteiger partial charge < -0.3 is 5.73 Å². The fourth-order valence-electron chi connectivity index (χ4n) is 4.83. The van der Waals surface area contributed by atoms with Gasteiger partial charge in [0.25, 0.3) is 0 Å². The van der Waals surface area contributed by atoms with E-state index in [1.54, 1.807) is 0 Å². The molecule has 1 aromatic carbocycles. The largest absolute Gasteiger partial charge is 0.327 e. The molecule has 0 spiro atoms. The van der Waals surface area contributed by atoms with E-state index in [1.807, 2.05) is 23.7 Å². The molecule has 2 N–H and O–H groups in total. The molecule has 5 rings (SSSR count). The second-order valence-corrected chi connectivity index (χ2v) is 8.23. The van der Waals surface area contributed by atoms with Crippen molar-refractivity contribution in [2.24, 2.45) is 5.73 Å². The Morgan fingerprint density at radius 1 is 1.03 bits per heavy atom. The number of halogens is 3. The molecule has 0 bridgehead atoms. The van der Waals surface area contributed by atoms with E-state index in [9.17, 15) is 13.2 Å². The van der Waals surface area contributed by atoms with E-state index in [-0.39, 0.29) is 23.6 Å². The lowest BCUT2D eigenvalue weighted by molar-refractivity contribution is 0.137. The van der Waals surface area contributed by atoms with Crippen LogP contribution >= 0.6 is 0 Å². The van der Waals surface area contributed by atoms with Crippen LogP contribution in [0.25, 0.3) is 5.65 Å². The summed E-state index contributed by atoms with van der Waals surface area (Å²) in [4.78, 5) is 7.08. The van der Waals surface area contributed by atoms with Crippen LogP contribution in [-0.2, 0) is 13.1 Å². The van der Waals surface area contributed by atoms with Gasteiger partial charge in [-0.3, -0.25) is 4.90 Å². The Labute approximate surface area is 166 Å². The zero-order chi connectivity index (χ0) is 20.3. The molecule has 8 heteroatoms. The molecule has 0 amide bonds. The monoisotopic (exact) mass is 401 g/mol. The van der Waals surface area contributed by atoms with Crippen LogP contribution in [0.5, 0.6) is 0 Å². The summed E-state index contributed by atoms with van der Waals surface area (Å²) in [7, 11) is 0. The first kappa shape index (κ1) is 18.6. The topological polar surface area (TPSA) is 59.5 Å². The zero-order valence-electron chi connectivity index (χ0n) is 16.1. The van der Waals surface area contributed by atoms with Crippen molar-refractivity contribution in [2.45, 2.75) is 57.3 Å². The Hall–Kier alpha value is -2.45. The van der Waals surface area contributed by atoms with Crippen LogP contribution in [0.1, 0.15) is 47.7 Å². The van der Waals surface area contributed by atoms with Crippen molar-refractivity contribution >= 4 is 5.65 Å². The van der Waals surface area contributed by atoms with Crippen molar-refractivity contribution in [3.05, 3.63) is 64.4 Å². The maximum atomic E-state index is 14.2. The molecule has 1 saturated carbocycles. The number of hydrogen-bond acceptors (Lipinski definition) is 4. The predicted molar refractivity (Wildman–Crippen MR) is 102 cm³/mol. The van der Waals surface area contributed by atoms with Crippen LogP contribution in [0.15, 0.2) is 24.4 Å². The second kappa shape index (κ2) is 6.81. The molecule has 1 aliphatic carbocycles. The quantitative estimate of drug-likeness (QED) is 0.669. The Morgan fingerprint density at radius 2 is 1.83 bits per heavy atom. The number of aryl methyl sites for hydroxylation is 1. The van der Waals surface area contributed by atoms with Gasteiger partial charge in [-0.2, -0.15) is 5.10 Å². The Kier molecular flexibility index (Phi) is 4.36. The van der Waals surface area contributed by atoms with E-state index in [2.05, 4.69) is 10.00 Å². The summed E-state index contributed by atoms with van der Waals surface area (Å²) in [5.41, 5.74) is 10.5. The van der Waals surface area contributed by atoms with Crippen molar-refractivity contribution < 1.29 is 13.2 Å². The Balaban J connectivity index is 1.31. The van der Waals surface area contributed by atoms with E-state index in [4.69, 9.17) is 10.7 Å². The van der Waals surface area contributed by atoms with E-state index >= 15 is 0 Å². The molecule has 2 aromatic heterocycles. The first-order valence-corrected chi connectivity index (χ1v) is 9.88. The molecule has 1 aliphatic heterocycles. The van der Waals surface area contributed by atoms with Crippen LogP contribution in [-0.4, -0.2) is 31.6 Å². The summed E-state index contributed by atoms with van der Waals surface area (Å²) in [5.74, 6) is -3.23. The molecular formula is C21H22F3N5. The van der Waals surface area contributed by atoms with Gasteiger partial charge in [0.05, 0.1) is 11.4 Å². The van der Waals surface area contributed by atoms with Crippen LogP contribution in [0, 0.1) is 24.4 Å². The molecule has 1 fully saturated rings. The highest BCUT2D eigenvalue weighted by Crippen LogP contribution is 2.38. The molecule has 3 heterocycles. The SMILES string of the molecule is Cc1cc2nc3c(cn2n1)CN([C@H]1CC[C@H](c2cc(F)c(F)cc2F)[C@@H](N)C1)C3. The number of nitrogens with two attached hydrogens (primary N) is 1. The summed E-state index contributed by atoms with van der Waals surface area (Å²) >= 11 is 0. The standard InChI is InChI=1S/C21H22F3N5/c1-11-4-21-26-20-10-28(8-12(20)9-29(21)27-11)13-2-3-14(19(25)5-13)15-6-17(23)18(24)7-16(15)22/h4,6-7,9,13-14,19H,2-3,5,8,10,25H2,1H3/t13-,14+,19-/m0/s1. The Morgan fingerprint density at radius 3 is 2.62 bits per heavy atom. The smallest absolute Gasteiger partial charge is 0.161 e. The highest BCUT2D eigenvalue weighted by Gasteiger charge is 2.36. The predicted octanol–water partition coefficient (Wildman–Crippen LogP) is 3.43. The molecule has 0 radical (unpaired) electrons. The maximum Gasteiger partial charge on any atom is 0.161 e. The zero-order valence-corrected chi connectivity index (χ0v) is 16.1. The summed E-state index contributed by atoms with van der Waals surface area (Å²) in [6, 6.07) is 3.47. The molecule has 152 valence electrons. The van der Waals surface area contributed by atoms with E-state index in [1.165, 1.54) is 0 Å². The molecule has 3 aromatic rings. The second-order valence-electron chi connectivity index (χ2n) is 8.23. The molecule has 5 nitrogen and oxygen atoms in total. The lowest BCUT2D eigenvalue weighted by Gasteiger charge is -2.38. The van der Waals surface area contributed by atoms with Gasteiger partial charge in [-0.25, -0.2) is 22.7 Å². The summed E-state index contributed by atoms with van der Waals surface area (Å²) in [6.07, 6.45) is 4.16. The van der Waals surface area contributed by atoms with Crippen molar-refractivity contribution in [1.29, 1.82) is 0 Å². The molecular weight excluding hydrogens is 379 g/mol. The van der Waals surface area contributed by atoms with Gasteiger partial charge in [-0.15, -0.1) is 0 Å². The van der Waals surface area contributed by atoms with Gasteiger partial charge in [0.15, 0.2) is 17.3 Å². The molecule has 0 saturated heterocycles. The normalized spacial score (nSPS) is 24.9. The van der Waals surface area contributed by atoms with Gasteiger partial charge in [-0.05, 0) is 37.8 Å². The van der Waals surface area contributed by atoms with Gasteiger partial charge in [-0.1, -0.05) is 0 Å². The van der Waals surface area contributed by atoms with E-state index < -0.39 is 17.5 Å². The van der Waals surface area contributed by atoms with Crippen molar-refractivity contribution in [2.75, 3.05) is 0 Å². The van der Waals surface area contributed by atoms with Crippen LogP contribution in [0.2, 0.25) is 0 Å². The lowest BCUT2D eigenvalue weighted by Crippen LogP contribution is -2.44. The average molecular weight is 401 g/mol. The third kappa shape index (κ3) is 3.20. The lowest BCUT2D eigenvalue weighted by atomic mass is 9.77. The van der Waals surface area contributed by atoms with Gasteiger partial charge >= 0.3 is 0 Å². The molecule has 3 atom stereocenters. The summed E-state index contributed by atoms with van der Waals surface area (Å²) in [6.45, 7) is 3.47. The molecule has 2 aliphatic rings. The fraction of sp³-hybridized carbons (Fsp3) is 0.429. The highest BCUT2D eigenvalue weighted by atomic mass is 19.2. The Bertz CT molecular complexity index is 1050. The van der Waals surface area contributed by atoms with Crippen molar-refractivity contribution in [3.63, 3.8) is 0 Å². The minimum absolute atomic E-state index is 0.179. The van der Waals surface area contributed by atoms with Gasteiger partial charge in [0.2, 0.25) is 0 Å².